The number of amides is 2. The fourth-order valence-corrected chi connectivity index (χ4v) is 2.32. The maximum Gasteiger partial charge on any atom is 0.314 e. The molecule has 0 bridgehead atoms. The zero-order valence-electron chi connectivity index (χ0n) is 15.7. The van der Waals surface area contributed by atoms with Crippen molar-refractivity contribution in [1.29, 1.82) is 0 Å². The molecule has 0 aliphatic rings. The molecule has 2 amide bonds. The molecule has 1 aromatic carbocycles. The molecule has 0 saturated heterocycles. The van der Waals surface area contributed by atoms with Gasteiger partial charge in [0.1, 0.15) is 0 Å². The highest BCUT2D eigenvalue weighted by Crippen LogP contribution is 2.32. The van der Waals surface area contributed by atoms with Crippen molar-refractivity contribution >= 4 is 6.03 Å². The average Bonchev–Trinajstić information content (AvgIpc) is 2.56. The summed E-state index contributed by atoms with van der Waals surface area (Å²) >= 11 is 0. The van der Waals surface area contributed by atoms with E-state index < -0.39 is 0 Å². The summed E-state index contributed by atoms with van der Waals surface area (Å²) < 4.78 is 10.6. The highest BCUT2D eigenvalue weighted by Gasteiger charge is 2.23. The fraction of sp³-hybridized carbons (Fsp3) is 0.611. The number of urea groups is 1. The lowest BCUT2D eigenvalue weighted by Crippen LogP contribution is -2.42. The normalized spacial score (nSPS) is 11.3. The van der Waals surface area contributed by atoms with E-state index in [1.807, 2.05) is 32.3 Å². The Kier molecular flexibility index (Phi) is 7.85. The maximum absolute atomic E-state index is 11.9. The topological polar surface area (TPSA) is 62.8 Å². The lowest BCUT2D eigenvalue weighted by Gasteiger charge is -2.26. The molecule has 0 aromatic heterocycles. The minimum absolute atomic E-state index is 0.137. The zero-order chi connectivity index (χ0) is 18.2. The van der Waals surface area contributed by atoms with Crippen molar-refractivity contribution in [2.75, 3.05) is 47.9 Å². The van der Waals surface area contributed by atoms with Gasteiger partial charge in [-0.2, -0.15) is 0 Å². The van der Waals surface area contributed by atoms with Crippen LogP contribution in [-0.4, -0.2) is 58.9 Å². The summed E-state index contributed by atoms with van der Waals surface area (Å²) in [5.41, 5.74) is 0.855. The van der Waals surface area contributed by atoms with E-state index in [2.05, 4.69) is 29.4 Å². The summed E-state index contributed by atoms with van der Waals surface area (Å²) in [5.74, 6) is 1.39. The molecule has 24 heavy (non-hydrogen) atoms. The van der Waals surface area contributed by atoms with Gasteiger partial charge in [0.05, 0.1) is 14.2 Å². The SMILES string of the molecule is COc1ccc(C(C)(C)CNC(=O)NCCCN(C)C)cc1OC. The zero-order valence-corrected chi connectivity index (χ0v) is 15.7. The van der Waals surface area contributed by atoms with E-state index in [1.165, 1.54) is 0 Å². The first-order chi connectivity index (χ1) is 11.3. The number of benzene rings is 1. The lowest BCUT2D eigenvalue weighted by molar-refractivity contribution is 0.237. The molecule has 0 fully saturated rings. The third kappa shape index (κ3) is 6.28. The Hall–Kier alpha value is -1.95. The van der Waals surface area contributed by atoms with E-state index in [9.17, 15) is 4.79 Å². The van der Waals surface area contributed by atoms with Crippen molar-refractivity contribution in [2.45, 2.75) is 25.7 Å². The molecule has 6 heteroatoms. The third-order valence-corrected chi connectivity index (χ3v) is 3.92. The van der Waals surface area contributed by atoms with Crippen molar-refractivity contribution in [2.24, 2.45) is 0 Å². The Bertz CT molecular complexity index is 530. The Labute approximate surface area is 145 Å². The molecule has 0 atom stereocenters. The largest absolute Gasteiger partial charge is 0.493 e. The second kappa shape index (κ2) is 9.37. The maximum atomic E-state index is 11.9. The number of nitrogens with one attached hydrogen (secondary N) is 2. The molecular weight excluding hydrogens is 306 g/mol. The number of methoxy groups -OCH3 is 2. The summed E-state index contributed by atoms with van der Waals surface area (Å²) in [5, 5.41) is 5.82. The van der Waals surface area contributed by atoms with Crippen molar-refractivity contribution in [3.8, 4) is 11.5 Å². The Morgan fingerprint density at radius 3 is 2.38 bits per heavy atom. The van der Waals surface area contributed by atoms with Crippen LogP contribution in [0, 0.1) is 0 Å². The molecule has 0 unspecified atom stereocenters. The van der Waals surface area contributed by atoms with E-state index in [-0.39, 0.29) is 11.4 Å². The fourth-order valence-electron chi connectivity index (χ4n) is 2.32. The molecule has 0 aliphatic heterocycles. The number of carbonyl (C=O) groups is 1. The molecule has 0 aliphatic carbocycles. The van der Waals surface area contributed by atoms with Crippen LogP contribution in [0.4, 0.5) is 4.79 Å². The number of carbonyl (C=O) groups excluding carboxylic acids is 1. The van der Waals surface area contributed by atoms with E-state index in [4.69, 9.17) is 9.47 Å². The molecule has 2 N–H and O–H groups in total. The predicted octanol–water partition coefficient (Wildman–Crippen LogP) is 2.23. The third-order valence-electron chi connectivity index (χ3n) is 3.92. The smallest absolute Gasteiger partial charge is 0.314 e. The van der Waals surface area contributed by atoms with Crippen LogP contribution in [0.15, 0.2) is 18.2 Å². The van der Waals surface area contributed by atoms with E-state index in [0.29, 0.717) is 24.6 Å². The predicted molar refractivity (Wildman–Crippen MR) is 97.1 cm³/mol. The van der Waals surface area contributed by atoms with Crippen LogP contribution in [0.25, 0.3) is 0 Å². The first-order valence-corrected chi connectivity index (χ1v) is 8.19. The summed E-state index contributed by atoms with van der Waals surface area (Å²) in [4.78, 5) is 14.0. The molecule has 0 saturated carbocycles. The number of rotatable bonds is 9. The molecule has 1 aromatic rings. The van der Waals surface area contributed by atoms with E-state index >= 15 is 0 Å². The van der Waals surface area contributed by atoms with Crippen molar-refractivity contribution in [3.63, 3.8) is 0 Å². The first-order valence-electron chi connectivity index (χ1n) is 8.19. The molecule has 136 valence electrons. The molecule has 0 heterocycles. The average molecular weight is 337 g/mol. The van der Waals surface area contributed by atoms with Gasteiger partial charge < -0.3 is 25.0 Å². The van der Waals surface area contributed by atoms with Gasteiger partial charge >= 0.3 is 6.03 Å². The molecule has 0 radical (unpaired) electrons. The van der Waals surface area contributed by atoms with Gasteiger partial charge in [0.2, 0.25) is 0 Å². The second-order valence-corrected chi connectivity index (χ2v) is 6.72. The molecule has 0 spiro atoms. The molecule has 6 nitrogen and oxygen atoms in total. The van der Waals surface area contributed by atoms with E-state index in [1.54, 1.807) is 14.2 Å². The van der Waals surface area contributed by atoms with Gasteiger partial charge in [-0.15, -0.1) is 0 Å². The van der Waals surface area contributed by atoms with Crippen LogP contribution in [0.5, 0.6) is 11.5 Å². The summed E-state index contributed by atoms with van der Waals surface area (Å²) in [6.45, 7) is 6.32. The van der Waals surface area contributed by atoms with Gasteiger partial charge in [-0.25, -0.2) is 4.79 Å². The van der Waals surface area contributed by atoms with Crippen LogP contribution in [0.3, 0.4) is 0 Å². The van der Waals surface area contributed by atoms with Gasteiger partial charge in [-0.05, 0) is 44.8 Å². The van der Waals surface area contributed by atoms with Crippen molar-refractivity contribution in [3.05, 3.63) is 23.8 Å². The number of hydrogen-bond acceptors (Lipinski definition) is 4. The standard InChI is InChI=1S/C18H31N3O3/c1-18(2,13-20-17(22)19-10-7-11-21(3)4)14-8-9-15(23-5)16(12-14)24-6/h8-9,12H,7,10-11,13H2,1-6H3,(H2,19,20,22). The monoisotopic (exact) mass is 337 g/mol. The van der Waals surface area contributed by atoms with Gasteiger partial charge in [-0.3, -0.25) is 0 Å². The summed E-state index contributed by atoms with van der Waals surface area (Å²) in [6, 6.07) is 5.70. The Balaban J connectivity index is 2.55. The number of ether oxygens (including phenoxy) is 2. The highest BCUT2D eigenvalue weighted by atomic mass is 16.5. The summed E-state index contributed by atoms with van der Waals surface area (Å²) in [7, 11) is 7.27. The lowest BCUT2D eigenvalue weighted by atomic mass is 9.84. The van der Waals surface area contributed by atoms with Crippen LogP contribution >= 0.6 is 0 Å². The van der Waals surface area contributed by atoms with Crippen LogP contribution in [0.2, 0.25) is 0 Å². The van der Waals surface area contributed by atoms with E-state index in [0.717, 1.165) is 18.5 Å². The highest BCUT2D eigenvalue weighted by molar-refractivity contribution is 5.73. The Morgan fingerprint density at radius 2 is 1.79 bits per heavy atom. The number of hydrogen-bond donors (Lipinski definition) is 2. The minimum Gasteiger partial charge on any atom is -0.493 e. The minimum atomic E-state index is -0.222. The van der Waals surface area contributed by atoms with Gasteiger partial charge in [0.25, 0.3) is 0 Å². The van der Waals surface area contributed by atoms with Gasteiger partial charge in [-0.1, -0.05) is 19.9 Å². The van der Waals surface area contributed by atoms with Crippen LogP contribution in [-0.2, 0) is 5.41 Å². The van der Waals surface area contributed by atoms with Crippen molar-refractivity contribution < 1.29 is 14.3 Å². The quantitative estimate of drug-likeness (QED) is 0.678. The van der Waals surface area contributed by atoms with Crippen molar-refractivity contribution in [1.82, 2.24) is 15.5 Å². The second-order valence-electron chi connectivity index (χ2n) is 6.72. The van der Waals surface area contributed by atoms with Crippen LogP contribution in [0.1, 0.15) is 25.8 Å². The molecular formula is C18H31N3O3. The molecule has 1 rings (SSSR count). The first kappa shape index (κ1) is 20.1. The van der Waals surface area contributed by atoms with Gasteiger partial charge in [0.15, 0.2) is 11.5 Å². The summed E-state index contributed by atoms with van der Waals surface area (Å²) in [6.07, 6.45) is 0.930. The number of nitrogens with zero attached hydrogens (tertiary/aromatic N) is 1. The van der Waals surface area contributed by atoms with Gasteiger partial charge in [0, 0.05) is 18.5 Å². The Morgan fingerprint density at radius 1 is 1.12 bits per heavy atom. The van der Waals surface area contributed by atoms with Crippen LogP contribution < -0.4 is 20.1 Å².